The van der Waals surface area contributed by atoms with E-state index in [1.807, 2.05) is 12.1 Å². The molecule has 0 heterocycles. The lowest BCUT2D eigenvalue weighted by molar-refractivity contribution is 0.168. The van der Waals surface area contributed by atoms with Crippen molar-refractivity contribution < 1.29 is 0 Å². The monoisotopic (exact) mass is 368 g/mol. The summed E-state index contributed by atoms with van der Waals surface area (Å²) in [4.78, 5) is 0. The number of allylic oxidation sites excluding steroid dienone is 2. The average Bonchev–Trinajstić information content (AvgIpc) is 2.83. The van der Waals surface area contributed by atoms with Crippen LogP contribution in [0.3, 0.4) is 0 Å². The highest BCUT2D eigenvalue weighted by Crippen LogP contribution is 2.61. The van der Waals surface area contributed by atoms with Gasteiger partial charge in [0.15, 0.2) is 0 Å². The first-order chi connectivity index (χ1) is 12.0. The van der Waals surface area contributed by atoms with Crippen LogP contribution in [-0.2, 0) is 5.41 Å². The fourth-order valence-electron chi connectivity index (χ4n) is 5.87. The summed E-state index contributed by atoms with van der Waals surface area (Å²) in [6, 6.07) is 12.8. The molecule has 0 nitrogen and oxygen atoms in total. The van der Waals surface area contributed by atoms with Crippen LogP contribution in [0.1, 0.15) is 44.2 Å². The maximum Gasteiger partial charge on any atom is 0.0426 e. The van der Waals surface area contributed by atoms with Crippen molar-refractivity contribution in [1.29, 1.82) is 0 Å². The van der Waals surface area contributed by atoms with E-state index in [2.05, 4.69) is 44.2 Å². The van der Waals surface area contributed by atoms with Crippen molar-refractivity contribution in [2.75, 3.05) is 0 Å². The lowest BCUT2D eigenvalue weighted by atomic mass is 9.55. The van der Waals surface area contributed by atoms with Crippen molar-refractivity contribution in [2.45, 2.75) is 38.5 Å². The smallest absolute Gasteiger partial charge is 0.0426 e. The minimum atomic E-state index is -0.0598. The summed E-state index contributed by atoms with van der Waals surface area (Å²) in [5.74, 6) is 2.14. The summed E-state index contributed by atoms with van der Waals surface area (Å²) in [6.45, 7) is 4.74. The Hall–Kier alpha value is -1.24. The molecular weight excluding hydrogens is 347 g/mol. The predicted octanol–water partition coefficient (Wildman–Crippen LogP) is 7.27. The van der Waals surface area contributed by atoms with Gasteiger partial charge in [-0.05, 0) is 90.5 Å². The third-order valence-corrected chi connectivity index (χ3v) is 7.30. The molecule has 128 valence electrons. The Bertz CT molecular complexity index is 857. The van der Waals surface area contributed by atoms with Crippen molar-refractivity contribution in [3.8, 4) is 11.1 Å². The molecule has 1 fully saturated rings. The van der Waals surface area contributed by atoms with E-state index in [0.717, 1.165) is 21.9 Å². The summed E-state index contributed by atoms with van der Waals surface area (Å²) in [7, 11) is 0. The highest BCUT2D eigenvalue weighted by molar-refractivity contribution is 6.31. The van der Waals surface area contributed by atoms with Crippen LogP contribution in [0.5, 0.6) is 0 Å². The van der Waals surface area contributed by atoms with Gasteiger partial charge in [0.05, 0.1) is 0 Å². The lowest BCUT2D eigenvalue weighted by Gasteiger charge is -2.49. The van der Waals surface area contributed by atoms with Crippen LogP contribution in [0.15, 0.2) is 48.0 Å². The largest absolute Gasteiger partial charge is 0.0843 e. The molecule has 2 bridgehead atoms. The van der Waals surface area contributed by atoms with Crippen LogP contribution in [0.25, 0.3) is 11.1 Å². The lowest BCUT2D eigenvalue weighted by Crippen LogP contribution is -2.42. The van der Waals surface area contributed by atoms with E-state index in [1.54, 1.807) is 5.57 Å². The molecule has 25 heavy (non-hydrogen) atoms. The molecule has 3 atom stereocenters. The zero-order valence-electron chi connectivity index (χ0n) is 14.7. The summed E-state index contributed by atoms with van der Waals surface area (Å²) >= 11 is 12.9. The molecule has 2 aromatic rings. The topological polar surface area (TPSA) is 0 Å². The van der Waals surface area contributed by atoms with Gasteiger partial charge in [-0.1, -0.05) is 53.9 Å². The van der Waals surface area contributed by atoms with Crippen LogP contribution in [0.2, 0.25) is 10.0 Å². The number of halogens is 2. The molecule has 5 rings (SSSR count). The minimum absolute atomic E-state index is 0.0598. The van der Waals surface area contributed by atoms with Crippen LogP contribution in [0, 0.1) is 17.8 Å². The van der Waals surface area contributed by atoms with Crippen LogP contribution < -0.4 is 0 Å². The maximum absolute atomic E-state index is 6.45. The van der Waals surface area contributed by atoms with Gasteiger partial charge in [0.2, 0.25) is 0 Å². The quantitative estimate of drug-likeness (QED) is 0.428. The molecule has 3 aliphatic rings. The fourth-order valence-corrected chi connectivity index (χ4v) is 6.21. The number of hydrogen-bond acceptors (Lipinski definition) is 0. The third-order valence-electron chi connectivity index (χ3n) is 6.83. The molecule has 1 saturated carbocycles. The van der Waals surface area contributed by atoms with E-state index in [-0.39, 0.29) is 5.41 Å². The number of fused-ring (bicyclic) bond motifs is 8. The van der Waals surface area contributed by atoms with E-state index in [0.29, 0.717) is 5.92 Å². The van der Waals surface area contributed by atoms with Gasteiger partial charge in [-0.25, -0.2) is 0 Å². The highest BCUT2D eigenvalue weighted by Gasteiger charge is 2.52. The molecule has 0 aliphatic heterocycles. The van der Waals surface area contributed by atoms with Crippen molar-refractivity contribution in [1.82, 2.24) is 0 Å². The van der Waals surface area contributed by atoms with Gasteiger partial charge < -0.3 is 0 Å². The molecule has 2 heteroatoms. The molecule has 0 saturated heterocycles. The molecule has 0 radical (unpaired) electrons. The summed E-state index contributed by atoms with van der Waals surface area (Å²) in [6.07, 6.45) is 6.46. The third kappa shape index (κ3) is 2.14. The van der Waals surface area contributed by atoms with E-state index in [4.69, 9.17) is 23.2 Å². The minimum Gasteiger partial charge on any atom is -0.0843 e. The number of benzene rings is 2. The van der Waals surface area contributed by atoms with Gasteiger partial charge in [0, 0.05) is 15.5 Å². The molecular formula is C23H22Cl2. The second-order valence-corrected chi connectivity index (χ2v) is 9.22. The van der Waals surface area contributed by atoms with Crippen molar-refractivity contribution in [3.63, 3.8) is 0 Å². The molecule has 0 N–H and O–H groups in total. The molecule has 0 amide bonds. The summed E-state index contributed by atoms with van der Waals surface area (Å²) in [5, 5.41) is 1.66. The predicted molar refractivity (Wildman–Crippen MR) is 106 cm³/mol. The van der Waals surface area contributed by atoms with Crippen molar-refractivity contribution in [3.05, 3.63) is 69.2 Å². The molecule has 0 aromatic heterocycles. The SMILES string of the molecule is CC1=CC2(c3cc(Cl)ccc3-c3ccc(Cl)cc32)C2CC(C)CC1C2. The van der Waals surface area contributed by atoms with E-state index >= 15 is 0 Å². The van der Waals surface area contributed by atoms with Gasteiger partial charge in [-0.2, -0.15) is 0 Å². The second-order valence-electron chi connectivity index (χ2n) is 8.34. The van der Waals surface area contributed by atoms with E-state index in [9.17, 15) is 0 Å². The maximum atomic E-state index is 6.45. The Morgan fingerprint density at radius 2 is 1.48 bits per heavy atom. The molecule has 2 aromatic carbocycles. The molecule has 3 aliphatic carbocycles. The Balaban J connectivity index is 1.86. The van der Waals surface area contributed by atoms with Gasteiger partial charge in [0.1, 0.15) is 0 Å². The Kier molecular flexibility index (Phi) is 3.44. The first-order valence-corrected chi connectivity index (χ1v) is 10.0. The van der Waals surface area contributed by atoms with Crippen LogP contribution in [-0.4, -0.2) is 0 Å². The van der Waals surface area contributed by atoms with Crippen LogP contribution in [0.4, 0.5) is 0 Å². The Morgan fingerprint density at radius 3 is 2.08 bits per heavy atom. The Morgan fingerprint density at radius 1 is 0.880 bits per heavy atom. The second kappa shape index (κ2) is 5.38. The van der Waals surface area contributed by atoms with E-state index in [1.165, 1.54) is 41.5 Å². The summed E-state index contributed by atoms with van der Waals surface area (Å²) in [5.41, 5.74) is 6.91. The van der Waals surface area contributed by atoms with Crippen molar-refractivity contribution >= 4 is 23.2 Å². The van der Waals surface area contributed by atoms with Crippen molar-refractivity contribution in [2.24, 2.45) is 17.8 Å². The first kappa shape index (κ1) is 16.0. The van der Waals surface area contributed by atoms with Gasteiger partial charge in [-0.3, -0.25) is 0 Å². The van der Waals surface area contributed by atoms with E-state index < -0.39 is 0 Å². The van der Waals surface area contributed by atoms with Crippen LogP contribution >= 0.6 is 23.2 Å². The number of rotatable bonds is 0. The van der Waals surface area contributed by atoms with Gasteiger partial charge in [0.25, 0.3) is 0 Å². The first-order valence-electron chi connectivity index (χ1n) is 9.29. The Labute approximate surface area is 159 Å². The van der Waals surface area contributed by atoms with Gasteiger partial charge in [-0.15, -0.1) is 0 Å². The highest BCUT2D eigenvalue weighted by atomic mass is 35.5. The van der Waals surface area contributed by atoms with Gasteiger partial charge >= 0.3 is 0 Å². The normalized spacial score (nSPS) is 28.5. The zero-order chi connectivity index (χ0) is 17.3. The number of hydrogen-bond donors (Lipinski definition) is 0. The summed E-state index contributed by atoms with van der Waals surface area (Å²) < 4.78 is 0. The molecule has 1 spiro atoms. The average molecular weight is 369 g/mol. The zero-order valence-corrected chi connectivity index (χ0v) is 16.2. The fraction of sp³-hybridized carbons (Fsp3) is 0.391. The molecule has 3 unspecified atom stereocenters. The standard InChI is InChI=1S/C23H22Cl2/c1-13-7-15-9-16(8-13)23(12-14(15)2)21-10-17(24)3-5-19(21)20-6-4-18(25)11-22(20)23/h3-6,10-13,15-16H,7-9H2,1-2H3.